The summed E-state index contributed by atoms with van der Waals surface area (Å²) in [5.41, 5.74) is 1.24. The van der Waals surface area contributed by atoms with Gasteiger partial charge in [0.05, 0.1) is 25.4 Å². The molecular weight excluding hydrogens is 418 g/mol. The molecule has 3 heterocycles. The molecule has 0 aliphatic carbocycles. The Labute approximate surface area is 187 Å². The van der Waals surface area contributed by atoms with Crippen molar-refractivity contribution in [3.8, 4) is 17.2 Å². The van der Waals surface area contributed by atoms with Gasteiger partial charge in [0.1, 0.15) is 11.4 Å². The summed E-state index contributed by atoms with van der Waals surface area (Å²) >= 11 is 6.07. The molecule has 1 saturated heterocycles. The van der Waals surface area contributed by atoms with E-state index in [1.807, 2.05) is 24.3 Å². The first kappa shape index (κ1) is 20.9. The monoisotopic (exact) mass is 445 g/mol. The third-order valence-corrected chi connectivity index (χ3v) is 6.81. The highest BCUT2D eigenvalue weighted by molar-refractivity contribution is 6.30. The molecule has 0 saturated carbocycles. The van der Waals surface area contributed by atoms with Gasteiger partial charge in [-0.2, -0.15) is 0 Å². The number of β-amino-alcohol motifs (C(OH)–C–C–N with tert-alkyl or cyclic N) is 1. The topological polar surface area (TPSA) is 71.4 Å². The number of hydrogen-bond acceptors (Lipinski definition) is 6. The van der Waals surface area contributed by atoms with Gasteiger partial charge < -0.3 is 29.3 Å². The van der Waals surface area contributed by atoms with Crippen LogP contribution in [0.1, 0.15) is 49.0 Å². The SMILES string of the molecule is O[C@H](CN1CCC2(CC1)C[C@H](O)c1cc(Cl)ccc1O2)c1ccc2c(c1)OCCCO2. The van der Waals surface area contributed by atoms with Crippen molar-refractivity contribution >= 4 is 11.6 Å². The van der Waals surface area contributed by atoms with E-state index in [0.717, 1.165) is 55.0 Å². The number of benzene rings is 2. The van der Waals surface area contributed by atoms with Gasteiger partial charge in [-0.1, -0.05) is 17.7 Å². The van der Waals surface area contributed by atoms with E-state index in [-0.39, 0.29) is 5.60 Å². The Morgan fingerprint density at radius 3 is 2.58 bits per heavy atom. The number of halogens is 1. The fourth-order valence-corrected chi connectivity index (χ4v) is 4.98. The maximum atomic E-state index is 10.8. The lowest BCUT2D eigenvalue weighted by molar-refractivity contribution is -0.0587. The van der Waals surface area contributed by atoms with Crippen molar-refractivity contribution in [3.05, 3.63) is 52.5 Å². The minimum atomic E-state index is -0.605. The predicted octanol–water partition coefficient (Wildman–Crippen LogP) is 3.89. The van der Waals surface area contributed by atoms with Crippen molar-refractivity contribution in [3.63, 3.8) is 0 Å². The fraction of sp³-hybridized carbons (Fsp3) is 0.500. The van der Waals surface area contributed by atoms with Crippen molar-refractivity contribution in [1.29, 1.82) is 0 Å². The van der Waals surface area contributed by atoms with E-state index in [1.54, 1.807) is 12.1 Å². The van der Waals surface area contributed by atoms with Crippen molar-refractivity contribution in [2.75, 3.05) is 32.8 Å². The number of aliphatic hydroxyl groups is 2. The first-order chi connectivity index (χ1) is 15.0. The number of nitrogens with zero attached hydrogens (tertiary/aromatic N) is 1. The van der Waals surface area contributed by atoms with Crippen molar-refractivity contribution in [2.24, 2.45) is 0 Å². The van der Waals surface area contributed by atoms with Crippen LogP contribution in [0, 0.1) is 0 Å². The van der Waals surface area contributed by atoms with E-state index in [0.29, 0.717) is 37.0 Å². The summed E-state index contributed by atoms with van der Waals surface area (Å²) in [6.07, 6.45) is 1.86. The molecule has 1 fully saturated rings. The van der Waals surface area contributed by atoms with Crippen LogP contribution in [0.5, 0.6) is 17.2 Å². The van der Waals surface area contributed by atoms with E-state index < -0.39 is 12.2 Å². The highest BCUT2D eigenvalue weighted by atomic mass is 35.5. The van der Waals surface area contributed by atoms with Crippen LogP contribution in [0.2, 0.25) is 5.02 Å². The van der Waals surface area contributed by atoms with E-state index in [2.05, 4.69) is 4.90 Å². The quantitative estimate of drug-likeness (QED) is 0.747. The van der Waals surface area contributed by atoms with E-state index in [9.17, 15) is 10.2 Å². The maximum absolute atomic E-state index is 10.8. The summed E-state index contributed by atoms with van der Waals surface area (Å²) in [6.45, 7) is 3.43. The van der Waals surface area contributed by atoms with Crippen LogP contribution < -0.4 is 14.2 Å². The van der Waals surface area contributed by atoms with Crippen LogP contribution in [-0.4, -0.2) is 53.6 Å². The molecule has 166 valence electrons. The second kappa shape index (κ2) is 8.51. The second-order valence-corrected chi connectivity index (χ2v) is 9.20. The minimum absolute atomic E-state index is 0.364. The number of ether oxygens (including phenoxy) is 3. The smallest absolute Gasteiger partial charge is 0.161 e. The molecular formula is C24H28ClNO5. The zero-order chi connectivity index (χ0) is 21.4. The molecule has 6 nitrogen and oxygen atoms in total. The summed E-state index contributed by atoms with van der Waals surface area (Å²) in [4.78, 5) is 2.26. The van der Waals surface area contributed by atoms with Crippen LogP contribution in [0.4, 0.5) is 0 Å². The lowest BCUT2D eigenvalue weighted by atomic mass is 9.81. The lowest BCUT2D eigenvalue weighted by Gasteiger charge is -2.46. The van der Waals surface area contributed by atoms with Crippen molar-refractivity contribution < 1.29 is 24.4 Å². The van der Waals surface area contributed by atoms with Crippen molar-refractivity contribution in [2.45, 2.75) is 43.5 Å². The number of rotatable bonds is 3. The van der Waals surface area contributed by atoms with Crippen molar-refractivity contribution in [1.82, 2.24) is 4.90 Å². The minimum Gasteiger partial charge on any atom is -0.490 e. The highest BCUT2D eigenvalue weighted by Crippen LogP contribution is 2.45. The largest absolute Gasteiger partial charge is 0.490 e. The van der Waals surface area contributed by atoms with Gasteiger partial charge in [-0.3, -0.25) is 0 Å². The van der Waals surface area contributed by atoms with E-state index >= 15 is 0 Å². The summed E-state index contributed by atoms with van der Waals surface area (Å²) in [5, 5.41) is 22.1. The molecule has 2 aromatic rings. The van der Waals surface area contributed by atoms with Crippen LogP contribution >= 0.6 is 11.6 Å². The molecule has 2 atom stereocenters. The van der Waals surface area contributed by atoms with Crippen LogP contribution in [0.25, 0.3) is 0 Å². The molecule has 31 heavy (non-hydrogen) atoms. The van der Waals surface area contributed by atoms with Gasteiger partial charge in [0.15, 0.2) is 11.5 Å². The van der Waals surface area contributed by atoms with Gasteiger partial charge in [0.25, 0.3) is 0 Å². The molecule has 2 N–H and O–H groups in total. The fourth-order valence-electron chi connectivity index (χ4n) is 4.80. The third kappa shape index (κ3) is 4.35. The average molecular weight is 446 g/mol. The second-order valence-electron chi connectivity index (χ2n) is 8.76. The molecule has 7 heteroatoms. The Hall–Kier alpha value is -1.99. The summed E-state index contributed by atoms with van der Waals surface area (Å²) in [6, 6.07) is 11.1. The summed E-state index contributed by atoms with van der Waals surface area (Å²) in [7, 11) is 0. The Balaban J connectivity index is 1.21. The molecule has 0 amide bonds. The predicted molar refractivity (Wildman–Crippen MR) is 117 cm³/mol. The van der Waals surface area contributed by atoms with Gasteiger partial charge in [0, 0.05) is 43.1 Å². The Bertz CT molecular complexity index is 944. The van der Waals surface area contributed by atoms with Gasteiger partial charge in [0.2, 0.25) is 0 Å². The number of aliphatic hydroxyl groups excluding tert-OH is 2. The number of likely N-dealkylation sites (tertiary alicyclic amines) is 1. The highest BCUT2D eigenvalue weighted by Gasteiger charge is 2.43. The summed E-state index contributed by atoms with van der Waals surface area (Å²) in [5.74, 6) is 2.17. The number of piperidine rings is 1. The molecule has 3 aliphatic heterocycles. The zero-order valence-corrected chi connectivity index (χ0v) is 18.2. The average Bonchev–Trinajstić information content (AvgIpc) is 3.01. The molecule has 0 bridgehead atoms. The molecule has 1 spiro atoms. The molecule has 0 aromatic heterocycles. The third-order valence-electron chi connectivity index (χ3n) is 6.58. The molecule has 0 radical (unpaired) electrons. The standard InChI is InChI=1S/C24H28ClNO5/c25-17-3-5-21-18(13-17)19(27)14-24(31-21)6-8-26(9-7-24)15-20(28)16-2-4-22-23(12-16)30-11-1-10-29-22/h2-5,12-13,19-20,27-28H,1,6-11,14-15H2/t19-,20+/m0/s1. The lowest BCUT2D eigenvalue weighted by Crippen LogP contribution is -2.51. The maximum Gasteiger partial charge on any atom is 0.161 e. The van der Waals surface area contributed by atoms with Crippen LogP contribution in [-0.2, 0) is 0 Å². The first-order valence-electron chi connectivity index (χ1n) is 11.0. The number of fused-ring (bicyclic) bond motifs is 2. The normalized spacial score (nSPS) is 23.5. The van der Waals surface area contributed by atoms with E-state index in [1.165, 1.54) is 0 Å². The Kier molecular flexibility index (Phi) is 5.73. The first-order valence-corrected chi connectivity index (χ1v) is 11.4. The van der Waals surface area contributed by atoms with Crippen LogP contribution in [0.3, 0.4) is 0 Å². The zero-order valence-electron chi connectivity index (χ0n) is 17.4. The van der Waals surface area contributed by atoms with Gasteiger partial charge in [-0.25, -0.2) is 0 Å². The molecule has 2 aromatic carbocycles. The van der Waals surface area contributed by atoms with Gasteiger partial charge in [-0.05, 0) is 48.7 Å². The molecule has 5 rings (SSSR count). The number of hydrogen-bond donors (Lipinski definition) is 2. The molecule has 3 aliphatic rings. The molecule has 0 unspecified atom stereocenters. The van der Waals surface area contributed by atoms with Gasteiger partial charge in [-0.15, -0.1) is 0 Å². The summed E-state index contributed by atoms with van der Waals surface area (Å²) < 4.78 is 17.8. The van der Waals surface area contributed by atoms with E-state index in [4.69, 9.17) is 25.8 Å². The van der Waals surface area contributed by atoms with Gasteiger partial charge >= 0.3 is 0 Å². The Morgan fingerprint density at radius 2 is 1.77 bits per heavy atom. The van der Waals surface area contributed by atoms with Crippen LogP contribution in [0.15, 0.2) is 36.4 Å². The Morgan fingerprint density at radius 1 is 1.03 bits per heavy atom.